The number of urea groups is 1. The first-order valence-electron chi connectivity index (χ1n) is 7.45. The number of carbonyl (C=O) groups excluding carboxylic acids is 1. The minimum atomic E-state index is -0.0462. The van der Waals surface area contributed by atoms with E-state index in [-0.39, 0.29) is 12.1 Å². The number of hydrogen-bond donors (Lipinski definition) is 1. The molecule has 6 nitrogen and oxygen atoms in total. The Hall–Kier alpha value is -1.95. The van der Waals surface area contributed by atoms with Crippen molar-refractivity contribution in [1.82, 2.24) is 15.1 Å². The molecule has 1 unspecified atom stereocenters. The van der Waals surface area contributed by atoms with Crippen molar-refractivity contribution in [2.45, 2.75) is 19.0 Å². The topological polar surface area (TPSA) is 54.0 Å². The van der Waals surface area contributed by atoms with Gasteiger partial charge in [0.05, 0.1) is 14.2 Å². The summed E-state index contributed by atoms with van der Waals surface area (Å²) >= 11 is 0. The second-order valence-electron chi connectivity index (χ2n) is 5.66. The van der Waals surface area contributed by atoms with Crippen molar-refractivity contribution in [1.29, 1.82) is 0 Å². The summed E-state index contributed by atoms with van der Waals surface area (Å²) in [5, 5.41) is 2.95. The average Bonchev–Trinajstić information content (AvgIpc) is 2.97. The van der Waals surface area contributed by atoms with Crippen LogP contribution in [-0.4, -0.2) is 63.3 Å². The number of carbonyl (C=O) groups is 1. The molecular weight excluding hydrogens is 282 g/mol. The molecule has 1 N–H and O–H groups in total. The Bertz CT molecular complexity index is 521. The van der Waals surface area contributed by atoms with Crippen LogP contribution in [0, 0.1) is 0 Å². The van der Waals surface area contributed by atoms with Gasteiger partial charge in [-0.05, 0) is 37.7 Å². The highest BCUT2D eigenvalue weighted by molar-refractivity contribution is 5.74. The molecule has 2 amide bonds. The first-order chi connectivity index (χ1) is 10.5. The zero-order valence-corrected chi connectivity index (χ0v) is 13.8. The molecule has 1 aromatic rings. The molecule has 0 bridgehead atoms. The number of hydrogen-bond acceptors (Lipinski definition) is 4. The third-order valence-corrected chi connectivity index (χ3v) is 4.13. The van der Waals surface area contributed by atoms with Gasteiger partial charge >= 0.3 is 6.03 Å². The smallest absolute Gasteiger partial charge is 0.317 e. The lowest BCUT2D eigenvalue weighted by Crippen LogP contribution is -2.44. The molecule has 0 aliphatic carbocycles. The summed E-state index contributed by atoms with van der Waals surface area (Å²) in [6.45, 7) is 2.43. The van der Waals surface area contributed by atoms with E-state index in [1.54, 1.807) is 19.1 Å². The molecule has 0 saturated carbocycles. The van der Waals surface area contributed by atoms with E-state index in [0.717, 1.165) is 25.1 Å². The Morgan fingerprint density at radius 2 is 2.09 bits per heavy atom. The number of likely N-dealkylation sites (tertiary alicyclic amines) is 1. The van der Waals surface area contributed by atoms with Gasteiger partial charge in [-0.1, -0.05) is 6.07 Å². The summed E-state index contributed by atoms with van der Waals surface area (Å²) in [5.41, 5.74) is 0.975. The fourth-order valence-corrected chi connectivity index (χ4v) is 2.69. The normalized spacial score (nSPS) is 18.1. The van der Waals surface area contributed by atoms with Crippen LogP contribution >= 0.6 is 0 Å². The molecule has 1 saturated heterocycles. The predicted molar refractivity (Wildman–Crippen MR) is 85.4 cm³/mol. The van der Waals surface area contributed by atoms with Crippen LogP contribution in [0.2, 0.25) is 0 Å². The molecule has 1 fully saturated rings. The fourth-order valence-electron chi connectivity index (χ4n) is 2.69. The van der Waals surface area contributed by atoms with Crippen LogP contribution in [0.3, 0.4) is 0 Å². The summed E-state index contributed by atoms with van der Waals surface area (Å²) in [4.78, 5) is 16.3. The van der Waals surface area contributed by atoms with Crippen LogP contribution in [0.5, 0.6) is 11.5 Å². The van der Waals surface area contributed by atoms with Gasteiger partial charge in [-0.3, -0.25) is 0 Å². The Morgan fingerprint density at radius 3 is 2.68 bits per heavy atom. The Morgan fingerprint density at radius 1 is 1.36 bits per heavy atom. The summed E-state index contributed by atoms with van der Waals surface area (Å²) in [7, 11) is 7.14. The van der Waals surface area contributed by atoms with Crippen LogP contribution in [0.15, 0.2) is 18.2 Å². The maximum Gasteiger partial charge on any atom is 0.317 e. The zero-order chi connectivity index (χ0) is 16.1. The van der Waals surface area contributed by atoms with Crippen LogP contribution in [0.1, 0.15) is 12.0 Å². The van der Waals surface area contributed by atoms with Crippen molar-refractivity contribution < 1.29 is 14.3 Å². The summed E-state index contributed by atoms with van der Waals surface area (Å²) in [6, 6.07) is 5.88. The van der Waals surface area contributed by atoms with Gasteiger partial charge in [0.2, 0.25) is 0 Å². The molecule has 122 valence electrons. The zero-order valence-electron chi connectivity index (χ0n) is 13.8. The fraction of sp³-hybridized carbons (Fsp3) is 0.562. The number of likely N-dealkylation sites (N-methyl/N-ethyl adjacent to an activating group) is 2. The van der Waals surface area contributed by atoms with E-state index >= 15 is 0 Å². The van der Waals surface area contributed by atoms with Gasteiger partial charge in [-0.25, -0.2) is 4.79 Å². The van der Waals surface area contributed by atoms with E-state index in [2.05, 4.69) is 17.3 Å². The Kier molecular flexibility index (Phi) is 5.49. The van der Waals surface area contributed by atoms with Crippen molar-refractivity contribution in [3.63, 3.8) is 0 Å². The third kappa shape index (κ3) is 3.82. The summed E-state index contributed by atoms with van der Waals surface area (Å²) in [5.74, 6) is 1.35. The molecule has 22 heavy (non-hydrogen) atoms. The van der Waals surface area contributed by atoms with Crippen LogP contribution in [0.4, 0.5) is 4.79 Å². The SMILES string of the molecule is COc1ccc(CNC(=O)N(C)C2CCN(C)C2)cc1OC. The molecule has 1 aliphatic rings. The third-order valence-electron chi connectivity index (χ3n) is 4.13. The number of ether oxygens (including phenoxy) is 2. The van der Waals surface area contributed by atoms with Crippen molar-refractivity contribution in [3.05, 3.63) is 23.8 Å². The number of nitrogens with one attached hydrogen (secondary N) is 1. The van der Waals surface area contributed by atoms with E-state index in [1.807, 2.05) is 25.2 Å². The number of amides is 2. The molecule has 1 aliphatic heterocycles. The van der Waals surface area contributed by atoms with E-state index in [4.69, 9.17) is 9.47 Å². The lowest BCUT2D eigenvalue weighted by molar-refractivity contribution is 0.190. The van der Waals surface area contributed by atoms with Crippen LogP contribution in [-0.2, 0) is 6.54 Å². The highest BCUT2D eigenvalue weighted by Gasteiger charge is 2.26. The molecule has 0 aromatic heterocycles. The van der Waals surface area contributed by atoms with E-state index in [1.165, 1.54) is 0 Å². The molecule has 2 rings (SSSR count). The maximum absolute atomic E-state index is 12.2. The predicted octanol–water partition coefficient (Wildman–Crippen LogP) is 1.55. The maximum atomic E-state index is 12.2. The van der Waals surface area contributed by atoms with Crippen molar-refractivity contribution in [3.8, 4) is 11.5 Å². The molecule has 1 heterocycles. The first-order valence-corrected chi connectivity index (χ1v) is 7.45. The minimum absolute atomic E-state index is 0.0462. The number of benzene rings is 1. The van der Waals surface area contributed by atoms with Gasteiger partial charge in [-0.2, -0.15) is 0 Å². The number of methoxy groups -OCH3 is 2. The van der Waals surface area contributed by atoms with Gasteiger partial charge in [0.25, 0.3) is 0 Å². The van der Waals surface area contributed by atoms with Crippen LogP contribution < -0.4 is 14.8 Å². The largest absolute Gasteiger partial charge is 0.493 e. The molecule has 0 radical (unpaired) electrons. The Labute approximate surface area is 132 Å². The van der Waals surface area contributed by atoms with Crippen molar-refractivity contribution in [2.24, 2.45) is 0 Å². The summed E-state index contributed by atoms with van der Waals surface area (Å²) in [6.07, 6.45) is 1.02. The van der Waals surface area contributed by atoms with Gasteiger partial charge in [-0.15, -0.1) is 0 Å². The number of rotatable bonds is 5. The van der Waals surface area contributed by atoms with Crippen molar-refractivity contribution in [2.75, 3.05) is 41.4 Å². The van der Waals surface area contributed by atoms with Gasteiger partial charge < -0.3 is 24.6 Å². The van der Waals surface area contributed by atoms with Gasteiger partial charge in [0.15, 0.2) is 11.5 Å². The lowest BCUT2D eigenvalue weighted by atomic mass is 10.2. The van der Waals surface area contributed by atoms with E-state index in [9.17, 15) is 4.79 Å². The van der Waals surface area contributed by atoms with Crippen molar-refractivity contribution >= 4 is 6.03 Å². The molecule has 1 aromatic carbocycles. The quantitative estimate of drug-likeness (QED) is 0.897. The van der Waals surface area contributed by atoms with E-state index < -0.39 is 0 Å². The monoisotopic (exact) mass is 307 g/mol. The highest BCUT2D eigenvalue weighted by atomic mass is 16.5. The molecule has 1 atom stereocenters. The van der Waals surface area contributed by atoms with Gasteiger partial charge in [0.1, 0.15) is 0 Å². The van der Waals surface area contributed by atoms with Gasteiger partial charge in [0, 0.05) is 26.2 Å². The molecular formula is C16H25N3O3. The second kappa shape index (κ2) is 7.35. The van der Waals surface area contributed by atoms with E-state index in [0.29, 0.717) is 18.0 Å². The average molecular weight is 307 g/mol. The molecule has 6 heteroatoms. The highest BCUT2D eigenvalue weighted by Crippen LogP contribution is 2.27. The first kappa shape index (κ1) is 16.4. The van der Waals surface area contributed by atoms with Crippen LogP contribution in [0.25, 0.3) is 0 Å². The number of nitrogens with zero attached hydrogens (tertiary/aromatic N) is 2. The Balaban J connectivity index is 1.90. The standard InChI is InChI=1S/C16H25N3O3/c1-18-8-7-13(11-18)19(2)16(20)17-10-12-5-6-14(21-3)15(9-12)22-4/h5-6,9,13H,7-8,10-11H2,1-4H3,(H,17,20). The lowest BCUT2D eigenvalue weighted by Gasteiger charge is -2.24. The summed E-state index contributed by atoms with van der Waals surface area (Å²) < 4.78 is 10.5. The minimum Gasteiger partial charge on any atom is -0.493 e. The second-order valence-corrected chi connectivity index (χ2v) is 5.66. The molecule has 0 spiro atoms.